The van der Waals surface area contributed by atoms with Gasteiger partial charge in [-0.3, -0.25) is 27.3 Å². The molecule has 6 N–H and O–H groups in total. The van der Waals surface area contributed by atoms with Crippen LogP contribution in [0.5, 0.6) is 17.2 Å². The largest absolute Gasteiger partial charge is 3.00 e. The molecule has 0 amide bonds. The van der Waals surface area contributed by atoms with Gasteiger partial charge in [0.25, 0.3) is 0 Å². The second-order valence-corrected chi connectivity index (χ2v) is 22.5. The Morgan fingerprint density at radius 1 is 0.305 bits per heavy atom. The van der Waals surface area contributed by atoms with Crippen molar-refractivity contribution in [2.24, 2.45) is 0 Å². The van der Waals surface area contributed by atoms with Gasteiger partial charge in [0.1, 0.15) is 0 Å². The van der Waals surface area contributed by atoms with Gasteiger partial charge in [0, 0.05) is 59.3 Å². The minimum absolute atomic E-state index is 0. The Balaban J connectivity index is -0.000000155. The fourth-order valence-corrected chi connectivity index (χ4v) is 3.39. The SMILES string of the molecule is Cc1cc([O-])ccc1N(C)C.Cc1cc([O-])ccc1N(C)C.Cc1cc([O-])ccc1N(C)C.O=S(=O)(O)C(F)(F)F.O=S(=O)(O)C(F)(F)F.O=S(=O)(O)C(F)(F)F.O=S(=O)(O)C(F)(F)F.O=S(=O)(O)C(F)(F)F.O=S(=O)(O)C(F)(F)F.[Al+3]. The summed E-state index contributed by atoms with van der Waals surface area (Å²) in [4.78, 5) is 5.98. The van der Waals surface area contributed by atoms with E-state index >= 15 is 0 Å². The molecule has 0 aliphatic heterocycles. The van der Waals surface area contributed by atoms with E-state index in [-0.39, 0.29) is 34.6 Å². The number of nitrogens with zero attached hydrogens (tertiary/aromatic N) is 3. The topological polar surface area (TPSA) is 405 Å². The van der Waals surface area contributed by atoms with E-state index in [1.807, 2.05) is 96.0 Å². The van der Waals surface area contributed by atoms with Crippen molar-refractivity contribution in [3.63, 3.8) is 0 Å². The van der Waals surface area contributed by atoms with Crippen LogP contribution in [0, 0.1) is 20.8 Å². The van der Waals surface area contributed by atoms with Crippen LogP contribution in [0.1, 0.15) is 16.7 Å². The summed E-state index contributed by atoms with van der Waals surface area (Å²) in [5.74, 6) is 0.231. The van der Waals surface area contributed by atoms with Gasteiger partial charge in [-0.1, -0.05) is 36.4 Å². The van der Waals surface area contributed by atoms with E-state index in [4.69, 9.17) is 77.8 Å². The van der Waals surface area contributed by atoms with Crippen molar-refractivity contribution < 1.29 is 172 Å². The maximum absolute atomic E-state index is 10.8. The van der Waals surface area contributed by atoms with Crippen molar-refractivity contribution >= 4 is 95.1 Å². The predicted molar refractivity (Wildman–Crippen MR) is 246 cm³/mol. The first kappa shape index (κ1) is 91.0. The third-order valence-electron chi connectivity index (χ3n) is 6.71. The normalized spacial score (nSPS) is 12.1. The summed E-state index contributed by atoms with van der Waals surface area (Å²) in [5.41, 5.74) is -26.8. The number of anilines is 3. The molecule has 3 aromatic carbocycles. The molecule has 0 atom stereocenters. The van der Waals surface area contributed by atoms with E-state index in [0.29, 0.717) is 0 Å². The first-order valence-corrected chi connectivity index (χ1v) is 27.0. The average Bonchev–Trinajstić information content (AvgIpc) is 3.15. The van der Waals surface area contributed by atoms with E-state index in [1.54, 1.807) is 36.4 Å². The number of hydrogen-bond donors (Lipinski definition) is 6. The molecule has 0 heterocycles. The average molecular weight is 1380 g/mol. The molecular weight excluding hydrogens is 1340 g/mol. The molecule has 0 spiro atoms. The number of hydrogen-bond acceptors (Lipinski definition) is 18. The van der Waals surface area contributed by atoms with E-state index in [2.05, 4.69) is 0 Å². The molecule has 0 aromatic heterocycles. The molecule has 0 aliphatic rings. The van der Waals surface area contributed by atoms with Gasteiger partial charge in [-0.05, 0) is 55.7 Å². The molecule has 0 unspecified atom stereocenters. The van der Waals surface area contributed by atoms with Crippen molar-refractivity contribution in [2.75, 3.05) is 57.0 Å². The molecule has 0 radical (unpaired) electrons. The van der Waals surface area contributed by atoms with Gasteiger partial charge in [0.15, 0.2) is 0 Å². The monoisotopic (exact) mass is 1380 g/mol. The quantitative estimate of drug-likeness (QED) is 0.0828. The van der Waals surface area contributed by atoms with Gasteiger partial charge >= 0.3 is 111 Å². The zero-order valence-corrected chi connectivity index (χ0v) is 47.7. The summed E-state index contributed by atoms with van der Waals surface area (Å²) < 4.78 is 345. The van der Waals surface area contributed by atoms with Crippen molar-refractivity contribution in [1.82, 2.24) is 0 Å². The first-order valence-electron chi connectivity index (χ1n) is 18.4. The minimum Gasteiger partial charge on any atom is -0.872 e. The van der Waals surface area contributed by atoms with Crippen LogP contribution in [0.2, 0.25) is 0 Å². The van der Waals surface area contributed by atoms with Crippen LogP contribution in [0.3, 0.4) is 0 Å². The standard InChI is InChI=1S/3C9H13NO.6CHF3O3S.Al/c3*1-7-6-8(11)4-5-9(7)10(2)3;6*2-1(3,4)8(5,6)7;/h3*4-6,11H,1-3H3;6*(H,5,6,7);/q;;;;;;;;;+3/p-3. The third kappa shape index (κ3) is 41.2. The summed E-state index contributed by atoms with van der Waals surface area (Å²) in [5, 5.41) is 32.5. The fourth-order valence-electron chi connectivity index (χ4n) is 3.39. The Morgan fingerprint density at radius 3 is 0.463 bits per heavy atom. The molecular formula is C33H42AlF18N3O21S6. The molecule has 3 aromatic rings. The van der Waals surface area contributed by atoms with Gasteiger partial charge in [-0.15, -0.1) is 17.2 Å². The van der Waals surface area contributed by atoms with Gasteiger partial charge in [0.05, 0.1) is 0 Å². The number of aryl methyl sites for hydroxylation is 3. The summed E-state index contributed by atoms with van der Waals surface area (Å²) in [7, 11) is -23.3. The molecule has 0 saturated heterocycles. The smallest absolute Gasteiger partial charge is 0.872 e. The fraction of sp³-hybridized carbons (Fsp3) is 0.455. The zero-order valence-electron chi connectivity index (χ0n) is 41.7. The van der Waals surface area contributed by atoms with Crippen LogP contribution in [0.4, 0.5) is 96.1 Å². The number of halogens is 18. The minimum atomic E-state index is -5.84. The molecule has 49 heteroatoms. The Bertz CT molecular complexity index is 2660. The van der Waals surface area contributed by atoms with Crippen LogP contribution >= 0.6 is 0 Å². The first-order chi connectivity index (χ1) is 34.8. The molecule has 0 bridgehead atoms. The van der Waals surface area contributed by atoms with Gasteiger partial charge in [0.2, 0.25) is 0 Å². The maximum Gasteiger partial charge on any atom is 3.00 e. The van der Waals surface area contributed by atoms with E-state index in [0.717, 1.165) is 33.8 Å². The van der Waals surface area contributed by atoms with Crippen LogP contribution in [0.25, 0.3) is 0 Å². The molecule has 82 heavy (non-hydrogen) atoms. The number of benzene rings is 3. The molecule has 480 valence electrons. The van der Waals surface area contributed by atoms with Crippen molar-refractivity contribution in [2.45, 2.75) is 53.8 Å². The van der Waals surface area contributed by atoms with Crippen molar-refractivity contribution in [3.8, 4) is 17.2 Å². The van der Waals surface area contributed by atoms with Crippen LogP contribution in [-0.2, 0) is 60.7 Å². The van der Waals surface area contributed by atoms with E-state index < -0.39 is 93.8 Å². The number of alkyl halides is 18. The van der Waals surface area contributed by atoms with Crippen molar-refractivity contribution in [3.05, 3.63) is 71.3 Å². The molecule has 0 saturated carbocycles. The Morgan fingerprint density at radius 2 is 0.402 bits per heavy atom. The van der Waals surface area contributed by atoms with E-state index in [9.17, 15) is 94.3 Å². The summed E-state index contributed by atoms with van der Waals surface area (Å²) in [6, 6.07) is 15.2. The second-order valence-electron chi connectivity index (χ2n) is 14.1. The predicted octanol–water partition coefficient (Wildman–Crippen LogP) is 5.39. The van der Waals surface area contributed by atoms with Gasteiger partial charge in [-0.2, -0.15) is 130 Å². The summed E-state index contributed by atoms with van der Waals surface area (Å²) in [6.07, 6.45) is 0. The van der Waals surface area contributed by atoms with Crippen molar-refractivity contribution in [1.29, 1.82) is 0 Å². The van der Waals surface area contributed by atoms with E-state index in [1.165, 1.54) is 0 Å². The van der Waals surface area contributed by atoms with Gasteiger partial charge in [-0.25, -0.2) is 0 Å². The Labute approximate surface area is 464 Å². The van der Waals surface area contributed by atoms with Crippen LogP contribution in [-0.4, -0.2) is 171 Å². The summed E-state index contributed by atoms with van der Waals surface area (Å²) in [6.45, 7) is 5.82. The van der Waals surface area contributed by atoms with Gasteiger partial charge < -0.3 is 30.0 Å². The zero-order chi connectivity index (χ0) is 67.3. The molecule has 0 aliphatic carbocycles. The Kier molecular flexibility index (Phi) is 38.0. The second kappa shape index (κ2) is 34.2. The van der Waals surface area contributed by atoms with Crippen LogP contribution in [0.15, 0.2) is 54.6 Å². The molecule has 0 fully saturated rings. The third-order valence-corrected chi connectivity index (χ3v) is 10.2. The molecule has 3 rings (SSSR count). The molecule has 24 nitrogen and oxygen atoms in total. The van der Waals surface area contributed by atoms with Crippen LogP contribution < -0.4 is 30.0 Å². The number of rotatable bonds is 3. The maximum atomic E-state index is 10.8. The summed E-state index contributed by atoms with van der Waals surface area (Å²) >= 11 is 0. The Hall–Kier alpha value is -4.81.